The van der Waals surface area contributed by atoms with E-state index in [0.29, 0.717) is 29.2 Å². The van der Waals surface area contributed by atoms with Gasteiger partial charge in [-0.3, -0.25) is 0 Å². The van der Waals surface area contributed by atoms with E-state index >= 15 is 0 Å². The molecule has 0 aromatic heterocycles. The van der Waals surface area contributed by atoms with Gasteiger partial charge in [-0.1, -0.05) is 0 Å². The number of aliphatic carboxylic acids is 2. The normalized spacial score (nSPS) is 11.0. The van der Waals surface area contributed by atoms with Crippen molar-refractivity contribution in [2.75, 3.05) is 13.7 Å². The molecule has 2 N–H and O–H groups in total. The van der Waals surface area contributed by atoms with E-state index in [1.165, 1.54) is 19.3 Å². The van der Waals surface area contributed by atoms with Gasteiger partial charge in [-0.25, -0.2) is 9.59 Å². The summed E-state index contributed by atoms with van der Waals surface area (Å²) in [7, 11) is 1.45. The van der Waals surface area contributed by atoms with Crippen molar-refractivity contribution in [3.05, 3.63) is 35.4 Å². The smallest absolute Gasteiger partial charge is 0.328 e. The highest BCUT2D eigenvalue weighted by atomic mass is 16.5. The van der Waals surface area contributed by atoms with Gasteiger partial charge in [0.2, 0.25) is 0 Å². The standard InChI is InChI=1S/C15H16O6/c1-3-21-15-11(5-7-14(18)19)8-10(4-6-13(16)17)9-12(15)20-2/h4-9H,3H2,1-2H3,(H,16,17)(H,18,19). The predicted molar refractivity (Wildman–Crippen MR) is 77.5 cm³/mol. The van der Waals surface area contributed by atoms with Crippen molar-refractivity contribution >= 4 is 24.1 Å². The molecule has 0 aliphatic rings. The first-order valence-corrected chi connectivity index (χ1v) is 6.14. The molecule has 6 nitrogen and oxygen atoms in total. The zero-order valence-corrected chi connectivity index (χ0v) is 11.7. The maximum Gasteiger partial charge on any atom is 0.328 e. The van der Waals surface area contributed by atoms with Crippen LogP contribution in [0, 0.1) is 0 Å². The van der Waals surface area contributed by atoms with E-state index in [9.17, 15) is 9.59 Å². The molecule has 0 saturated heterocycles. The van der Waals surface area contributed by atoms with E-state index in [-0.39, 0.29) is 0 Å². The summed E-state index contributed by atoms with van der Waals surface area (Å²) >= 11 is 0. The van der Waals surface area contributed by atoms with Gasteiger partial charge in [-0.2, -0.15) is 0 Å². The van der Waals surface area contributed by atoms with Crippen molar-refractivity contribution in [3.63, 3.8) is 0 Å². The maximum absolute atomic E-state index is 10.6. The molecule has 21 heavy (non-hydrogen) atoms. The van der Waals surface area contributed by atoms with E-state index < -0.39 is 11.9 Å². The fraction of sp³-hybridized carbons (Fsp3) is 0.200. The van der Waals surface area contributed by atoms with Gasteiger partial charge in [0, 0.05) is 17.7 Å². The number of ether oxygens (including phenoxy) is 2. The monoisotopic (exact) mass is 292 g/mol. The Labute approximate surface area is 121 Å². The first kappa shape index (κ1) is 16.3. The van der Waals surface area contributed by atoms with Crippen molar-refractivity contribution in [2.24, 2.45) is 0 Å². The van der Waals surface area contributed by atoms with Crippen molar-refractivity contribution in [3.8, 4) is 11.5 Å². The minimum atomic E-state index is -1.09. The highest BCUT2D eigenvalue weighted by molar-refractivity contribution is 5.88. The molecule has 0 atom stereocenters. The Morgan fingerprint density at radius 3 is 2.29 bits per heavy atom. The third kappa shape index (κ3) is 5.02. The highest BCUT2D eigenvalue weighted by Crippen LogP contribution is 2.34. The molecule has 112 valence electrons. The number of hydrogen-bond donors (Lipinski definition) is 2. The molecule has 1 rings (SSSR count). The van der Waals surface area contributed by atoms with E-state index in [4.69, 9.17) is 19.7 Å². The zero-order chi connectivity index (χ0) is 15.8. The predicted octanol–water partition coefficient (Wildman–Crippen LogP) is 2.29. The summed E-state index contributed by atoms with van der Waals surface area (Å²) in [4.78, 5) is 21.2. The van der Waals surface area contributed by atoms with Crippen molar-refractivity contribution < 1.29 is 29.3 Å². The Bertz CT molecular complexity index is 586. The summed E-state index contributed by atoms with van der Waals surface area (Å²) in [6.45, 7) is 2.18. The lowest BCUT2D eigenvalue weighted by Gasteiger charge is -2.13. The Balaban J connectivity index is 3.35. The summed E-state index contributed by atoms with van der Waals surface area (Å²) in [5.74, 6) is -1.37. The molecule has 0 unspecified atom stereocenters. The molecule has 6 heteroatoms. The van der Waals surface area contributed by atoms with Gasteiger partial charge in [0.05, 0.1) is 13.7 Å². The number of methoxy groups -OCH3 is 1. The van der Waals surface area contributed by atoms with Gasteiger partial charge in [0.1, 0.15) is 0 Å². The molecule has 0 bridgehead atoms. The van der Waals surface area contributed by atoms with E-state index in [2.05, 4.69) is 0 Å². The van der Waals surface area contributed by atoms with Gasteiger partial charge in [-0.05, 0) is 36.8 Å². The molecule has 0 aliphatic heterocycles. The second-order valence-electron chi connectivity index (χ2n) is 3.92. The highest BCUT2D eigenvalue weighted by Gasteiger charge is 2.11. The van der Waals surface area contributed by atoms with Gasteiger partial charge >= 0.3 is 11.9 Å². The maximum atomic E-state index is 10.6. The number of carboxylic acid groups (broad SMARTS) is 2. The molecular formula is C15H16O6. The quantitative estimate of drug-likeness (QED) is 0.749. The van der Waals surface area contributed by atoms with Crippen molar-refractivity contribution in [2.45, 2.75) is 6.92 Å². The number of carboxylic acids is 2. The Morgan fingerprint density at radius 1 is 1.14 bits per heavy atom. The second-order valence-corrected chi connectivity index (χ2v) is 3.92. The zero-order valence-electron chi connectivity index (χ0n) is 11.7. The summed E-state index contributed by atoms with van der Waals surface area (Å²) in [6.07, 6.45) is 4.72. The number of benzene rings is 1. The van der Waals surface area contributed by atoms with E-state index in [0.717, 1.165) is 12.2 Å². The van der Waals surface area contributed by atoms with Crippen LogP contribution in [0.3, 0.4) is 0 Å². The van der Waals surface area contributed by atoms with Gasteiger partial charge in [0.15, 0.2) is 11.5 Å². The Kier molecular flexibility index (Phi) is 6.00. The summed E-state index contributed by atoms with van der Waals surface area (Å²) in [6, 6.07) is 3.23. The molecule has 0 radical (unpaired) electrons. The van der Waals surface area contributed by atoms with Crippen LogP contribution in [0.1, 0.15) is 18.1 Å². The first-order chi connectivity index (χ1) is 9.97. The van der Waals surface area contributed by atoms with Crippen LogP contribution in [0.2, 0.25) is 0 Å². The van der Waals surface area contributed by atoms with Crippen LogP contribution in [0.25, 0.3) is 12.2 Å². The SMILES string of the molecule is CCOc1c(C=CC(=O)O)cc(C=CC(=O)O)cc1OC. The van der Waals surface area contributed by atoms with Crippen LogP contribution in [-0.2, 0) is 9.59 Å². The van der Waals surface area contributed by atoms with Crippen molar-refractivity contribution in [1.29, 1.82) is 0 Å². The summed E-state index contributed by atoms with van der Waals surface area (Å²) < 4.78 is 10.7. The average Bonchev–Trinajstić information content (AvgIpc) is 2.44. The molecule has 0 aliphatic carbocycles. The van der Waals surface area contributed by atoms with Crippen LogP contribution in [0.5, 0.6) is 11.5 Å². The van der Waals surface area contributed by atoms with Crippen LogP contribution < -0.4 is 9.47 Å². The Morgan fingerprint density at radius 2 is 1.76 bits per heavy atom. The van der Waals surface area contributed by atoms with Gasteiger partial charge in [0.25, 0.3) is 0 Å². The van der Waals surface area contributed by atoms with Gasteiger partial charge < -0.3 is 19.7 Å². The number of rotatable bonds is 7. The minimum Gasteiger partial charge on any atom is -0.493 e. The molecule has 0 amide bonds. The molecule has 0 spiro atoms. The van der Waals surface area contributed by atoms with E-state index in [1.54, 1.807) is 19.1 Å². The first-order valence-electron chi connectivity index (χ1n) is 6.14. The van der Waals surface area contributed by atoms with E-state index in [1.807, 2.05) is 0 Å². The molecule has 1 aromatic rings. The number of hydrogen-bond acceptors (Lipinski definition) is 4. The lowest BCUT2D eigenvalue weighted by Crippen LogP contribution is -1.99. The third-order valence-electron chi connectivity index (χ3n) is 2.44. The fourth-order valence-corrected chi connectivity index (χ4v) is 1.64. The van der Waals surface area contributed by atoms with Gasteiger partial charge in [-0.15, -0.1) is 0 Å². The minimum absolute atomic E-state index is 0.384. The third-order valence-corrected chi connectivity index (χ3v) is 2.44. The lowest BCUT2D eigenvalue weighted by molar-refractivity contribution is -0.132. The molecule has 1 aromatic carbocycles. The second kappa shape index (κ2) is 7.74. The fourth-order valence-electron chi connectivity index (χ4n) is 1.64. The number of carbonyl (C=O) groups is 2. The van der Waals surface area contributed by atoms with Crippen molar-refractivity contribution in [1.82, 2.24) is 0 Å². The topological polar surface area (TPSA) is 93.1 Å². The van der Waals surface area contributed by atoms with Crippen LogP contribution in [-0.4, -0.2) is 35.9 Å². The molecule has 0 heterocycles. The average molecular weight is 292 g/mol. The summed E-state index contributed by atoms with van der Waals surface area (Å²) in [5, 5.41) is 17.4. The largest absolute Gasteiger partial charge is 0.493 e. The van der Waals surface area contributed by atoms with Crippen LogP contribution in [0.4, 0.5) is 0 Å². The molecular weight excluding hydrogens is 276 g/mol. The Hall–Kier alpha value is -2.76. The molecule has 0 saturated carbocycles. The van der Waals surface area contributed by atoms with Crippen LogP contribution >= 0.6 is 0 Å². The lowest BCUT2D eigenvalue weighted by atomic mass is 10.1. The van der Waals surface area contributed by atoms with Crippen LogP contribution in [0.15, 0.2) is 24.3 Å². The molecule has 0 fully saturated rings. The summed E-state index contributed by atoms with van der Waals surface area (Å²) in [5.41, 5.74) is 1.05.